The number of nitrogens with one attached hydrogen (secondary N) is 1. The van der Waals surface area contributed by atoms with Crippen LogP contribution in [0, 0.1) is 6.92 Å². The van der Waals surface area contributed by atoms with Crippen molar-refractivity contribution in [3.05, 3.63) is 53.3 Å². The van der Waals surface area contributed by atoms with Crippen LogP contribution in [-0.4, -0.2) is 57.9 Å². The number of carbonyl (C=O) groups is 2. The molecule has 2 aromatic heterocycles. The van der Waals surface area contributed by atoms with E-state index in [0.717, 1.165) is 43.8 Å². The molecule has 4 rings (SSSR count). The summed E-state index contributed by atoms with van der Waals surface area (Å²) in [5.41, 5.74) is 3.48. The smallest absolute Gasteiger partial charge is 0.257 e. The molecule has 1 aliphatic heterocycles. The number of piperazine rings is 1. The van der Waals surface area contributed by atoms with Crippen LogP contribution in [0.3, 0.4) is 0 Å². The maximum absolute atomic E-state index is 12.5. The average molecular weight is 393 g/mol. The highest BCUT2D eigenvalue weighted by Crippen LogP contribution is 2.18. The summed E-state index contributed by atoms with van der Waals surface area (Å²) in [5, 5.41) is 7.49. The maximum Gasteiger partial charge on any atom is 0.257 e. The largest absolute Gasteiger partial charge is 0.340 e. The molecule has 0 unspecified atom stereocenters. The van der Waals surface area contributed by atoms with Crippen LogP contribution in [0.2, 0.25) is 0 Å². The highest BCUT2D eigenvalue weighted by atomic mass is 16.5. The molecule has 0 saturated carbocycles. The predicted molar refractivity (Wildman–Crippen MR) is 108 cm³/mol. The lowest BCUT2D eigenvalue weighted by atomic mass is 10.1. The zero-order valence-corrected chi connectivity index (χ0v) is 16.5. The summed E-state index contributed by atoms with van der Waals surface area (Å²) in [5.74, 6) is -0.0913. The Bertz CT molecular complexity index is 1040. The lowest BCUT2D eigenvalue weighted by Gasteiger charge is -2.34. The summed E-state index contributed by atoms with van der Waals surface area (Å²) in [4.78, 5) is 32.3. The minimum absolute atomic E-state index is 0.137. The van der Waals surface area contributed by atoms with E-state index in [0.29, 0.717) is 17.0 Å². The van der Waals surface area contributed by atoms with Gasteiger partial charge in [-0.15, -0.1) is 0 Å². The van der Waals surface area contributed by atoms with Crippen molar-refractivity contribution in [1.82, 2.24) is 19.9 Å². The molecule has 0 atom stereocenters. The first-order valence-electron chi connectivity index (χ1n) is 9.60. The number of carbonyl (C=O) groups excluding carboxylic acids is 2. The molecule has 1 fully saturated rings. The van der Waals surface area contributed by atoms with Crippen LogP contribution < -0.4 is 5.32 Å². The van der Waals surface area contributed by atoms with E-state index in [4.69, 9.17) is 4.52 Å². The summed E-state index contributed by atoms with van der Waals surface area (Å²) >= 11 is 0. The lowest BCUT2D eigenvalue weighted by molar-refractivity contribution is -0.130. The molecule has 1 aromatic carbocycles. The monoisotopic (exact) mass is 393 g/mol. The number of pyridine rings is 1. The first kappa shape index (κ1) is 19.1. The van der Waals surface area contributed by atoms with Gasteiger partial charge < -0.3 is 14.7 Å². The van der Waals surface area contributed by atoms with E-state index in [1.165, 1.54) is 11.8 Å². The number of aryl methyl sites for hydroxylation is 1. The maximum atomic E-state index is 12.5. The Morgan fingerprint density at radius 3 is 2.55 bits per heavy atom. The Labute approximate surface area is 168 Å². The second kappa shape index (κ2) is 8.00. The SMILES string of the molecule is CC(=O)N1CCN(Cc2ccc(NC(=O)c3cnc4onc(C)c4c3)cc2)CC1. The number of anilines is 1. The van der Waals surface area contributed by atoms with E-state index < -0.39 is 0 Å². The zero-order valence-electron chi connectivity index (χ0n) is 16.5. The van der Waals surface area contributed by atoms with Gasteiger partial charge >= 0.3 is 0 Å². The Morgan fingerprint density at radius 2 is 1.86 bits per heavy atom. The van der Waals surface area contributed by atoms with Gasteiger partial charge in [-0.3, -0.25) is 14.5 Å². The summed E-state index contributed by atoms with van der Waals surface area (Å²) in [6, 6.07) is 9.56. The van der Waals surface area contributed by atoms with Crippen molar-refractivity contribution in [2.45, 2.75) is 20.4 Å². The third-order valence-electron chi connectivity index (χ3n) is 5.21. The number of benzene rings is 1. The van der Waals surface area contributed by atoms with E-state index in [1.807, 2.05) is 36.1 Å². The molecule has 8 heteroatoms. The van der Waals surface area contributed by atoms with Crippen molar-refractivity contribution >= 4 is 28.6 Å². The Balaban J connectivity index is 1.36. The molecule has 3 heterocycles. The second-order valence-electron chi connectivity index (χ2n) is 7.28. The highest BCUT2D eigenvalue weighted by molar-refractivity contribution is 6.05. The van der Waals surface area contributed by atoms with Gasteiger partial charge in [0.1, 0.15) is 0 Å². The second-order valence-corrected chi connectivity index (χ2v) is 7.28. The zero-order chi connectivity index (χ0) is 20.4. The van der Waals surface area contributed by atoms with Gasteiger partial charge in [0.05, 0.1) is 16.6 Å². The van der Waals surface area contributed by atoms with Crippen LogP contribution in [0.15, 0.2) is 41.1 Å². The van der Waals surface area contributed by atoms with Gasteiger partial charge in [-0.25, -0.2) is 4.98 Å². The van der Waals surface area contributed by atoms with Crippen LogP contribution in [0.25, 0.3) is 11.1 Å². The molecule has 0 spiro atoms. The van der Waals surface area contributed by atoms with Crippen LogP contribution in [-0.2, 0) is 11.3 Å². The Hall–Kier alpha value is -3.26. The van der Waals surface area contributed by atoms with Gasteiger partial charge in [0.2, 0.25) is 5.91 Å². The molecule has 0 bridgehead atoms. The fourth-order valence-corrected chi connectivity index (χ4v) is 3.45. The van der Waals surface area contributed by atoms with Gasteiger partial charge in [0.15, 0.2) is 0 Å². The van der Waals surface area contributed by atoms with Gasteiger partial charge in [-0.05, 0) is 30.7 Å². The first-order valence-corrected chi connectivity index (χ1v) is 9.60. The third-order valence-corrected chi connectivity index (χ3v) is 5.21. The van der Waals surface area contributed by atoms with Gasteiger partial charge in [0.25, 0.3) is 11.6 Å². The summed E-state index contributed by atoms with van der Waals surface area (Å²) in [6.07, 6.45) is 1.48. The Kier molecular flexibility index (Phi) is 5.26. The van der Waals surface area contributed by atoms with Crippen LogP contribution in [0.5, 0.6) is 0 Å². The Morgan fingerprint density at radius 1 is 1.14 bits per heavy atom. The van der Waals surface area contributed by atoms with E-state index >= 15 is 0 Å². The topological polar surface area (TPSA) is 91.6 Å². The molecule has 2 amide bonds. The number of aromatic nitrogens is 2. The molecular weight excluding hydrogens is 370 g/mol. The van der Waals surface area contributed by atoms with Gasteiger partial charge in [-0.1, -0.05) is 17.3 Å². The van der Waals surface area contributed by atoms with E-state index in [1.54, 1.807) is 13.0 Å². The van der Waals surface area contributed by atoms with Crippen molar-refractivity contribution in [2.75, 3.05) is 31.5 Å². The molecule has 1 saturated heterocycles. The summed E-state index contributed by atoms with van der Waals surface area (Å²) in [6.45, 7) is 7.54. The van der Waals surface area contributed by atoms with Gasteiger partial charge in [0, 0.05) is 51.5 Å². The van der Waals surface area contributed by atoms with Crippen molar-refractivity contribution in [3.8, 4) is 0 Å². The highest BCUT2D eigenvalue weighted by Gasteiger charge is 2.18. The number of hydrogen-bond acceptors (Lipinski definition) is 6. The van der Waals surface area contributed by atoms with Gasteiger partial charge in [-0.2, -0.15) is 0 Å². The molecule has 1 aliphatic rings. The molecule has 8 nitrogen and oxygen atoms in total. The molecule has 0 radical (unpaired) electrons. The number of hydrogen-bond donors (Lipinski definition) is 1. The summed E-state index contributed by atoms with van der Waals surface area (Å²) < 4.78 is 5.08. The average Bonchev–Trinajstić information content (AvgIpc) is 3.10. The van der Waals surface area contributed by atoms with Crippen molar-refractivity contribution in [1.29, 1.82) is 0 Å². The number of fused-ring (bicyclic) bond motifs is 1. The molecule has 150 valence electrons. The van der Waals surface area contributed by atoms with Crippen LogP contribution >= 0.6 is 0 Å². The fourth-order valence-electron chi connectivity index (χ4n) is 3.45. The number of nitrogens with zero attached hydrogens (tertiary/aromatic N) is 4. The quantitative estimate of drug-likeness (QED) is 0.732. The molecule has 29 heavy (non-hydrogen) atoms. The number of amides is 2. The first-order chi connectivity index (χ1) is 14.0. The standard InChI is InChI=1S/C21H23N5O3/c1-14-19-11-17(12-22-21(19)29-24-14)20(28)23-18-5-3-16(4-6-18)13-25-7-9-26(10-8-25)15(2)27/h3-6,11-12H,7-10,13H2,1-2H3,(H,23,28). The lowest BCUT2D eigenvalue weighted by Crippen LogP contribution is -2.47. The normalized spacial score (nSPS) is 14.9. The van der Waals surface area contributed by atoms with Crippen LogP contribution in [0.4, 0.5) is 5.69 Å². The fraction of sp³-hybridized carbons (Fsp3) is 0.333. The van der Waals surface area contributed by atoms with E-state index in [2.05, 4.69) is 20.4 Å². The molecule has 0 aliphatic carbocycles. The molecular formula is C21H23N5O3. The number of rotatable bonds is 4. The van der Waals surface area contributed by atoms with Crippen molar-refractivity contribution in [3.63, 3.8) is 0 Å². The van der Waals surface area contributed by atoms with Crippen molar-refractivity contribution in [2.24, 2.45) is 0 Å². The molecule has 3 aromatic rings. The van der Waals surface area contributed by atoms with Crippen molar-refractivity contribution < 1.29 is 14.1 Å². The minimum Gasteiger partial charge on any atom is -0.340 e. The van der Waals surface area contributed by atoms with E-state index in [9.17, 15) is 9.59 Å². The predicted octanol–water partition coefficient (Wildman–Crippen LogP) is 2.45. The minimum atomic E-state index is -0.229. The van der Waals surface area contributed by atoms with E-state index in [-0.39, 0.29) is 11.8 Å². The molecule has 1 N–H and O–H groups in total. The van der Waals surface area contributed by atoms with Crippen LogP contribution in [0.1, 0.15) is 28.5 Å². The summed E-state index contributed by atoms with van der Waals surface area (Å²) in [7, 11) is 0. The third kappa shape index (κ3) is 4.27.